The van der Waals surface area contributed by atoms with Crippen LogP contribution in [0.2, 0.25) is 0 Å². The van der Waals surface area contributed by atoms with E-state index in [-0.39, 0.29) is 17.9 Å². The third kappa shape index (κ3) is 4.15. The van der Waals surface area contributed by atoms with Crippen LogP contribution in [0.25, 0.3) is 10.8 Å². The van der Waals surface area contributed by atoms with Crippen molar-refractivity contribution in [1.82, 2.24) is 9.80 Å². The van der Waals surface area contributed by atoms with Crippen LogP contribution in [0.5, 0.6) is 5.75 Å². The summed E-state index contributed by atoms with van der Waals surface area (Å²) in [5.41, 5.74) is 0.991. The van der Waals surface area contributed by atoms with Gasteiger partial charge in [0.1, 0.15) is 5.75 Å². The van der Waals surface area contributed by atoms with Gasteiger partial charge in [0.2, 0.25) is 5.91 Å². The maximum atomic E-state index is 12.9. The van der Waals surface area contributed by atoms with Crippen molar-refractivity contribution in [1.29, 1.82) is 0 Å². The Labute approximate surface area is 159 Å². The molecule has 6 heteroatoms. The molecule has 0 bridgehead atoms. The summed E-state index contributed by atoms with van der Waals surface area (Å²) in [5, 5.41) is 2.17. The lowest BCUT2D eigenvalue weighted by molar-refractivity contribution is -0.134. The maximum absolute atomic E-state index is 12.9. The van der Waals surface area contributed by atoms with E-state index in [2.05, 4.69) is 6.07 Å². The lowest BCUT2D eigenvalue weighted by Crippen LogP contribution is -2.51. The van der Waals surface area contributed by atoms with Gasteiger partial charge in [0, 0.05) is 26.2 Å². The Bertz CT molecular complexity index is 828. The van der Waals surface area contributed by atoms with Gasteiger partial charge in [-0.3, -0.25) is 4.79 Å². The van der Waals surface area contributed by atoms with Crippen molar-refractivity contribution < 1.29 is 19.1 Å². The molecule has 3 rings (SSSR count). The number of fused-ring (bicyclic) bond motifs is 1. The normalized spacial score (nSPS) is 15.5. The highest BCUT2D eigenvalue weighted by molar-refractivity contribution is 5.88. The summed E-state index contributed by atoms with van der Waals surface area (Å²) in [4.78, 5) is 28.2. The average molecular weight is 370 g/mol. The van der Waals surface area contributed by atoms with E-state index in [4.69, 9.17) is 9.47 Å². The van der Waals surface area contributed by atoms with Crippen LogP contribution < -0.4 is 4.74 Å². The third-order valence-electron chi connectivity index (χ3n) is 5.06. The highest BCUT2D eigenvalue weighted by Crippen LogP contribution is 2.26. The molecule has 0 aliphatic carbocycles. The number of methoxy groups -OCH3 is 1. The summed E-state index contributed by atoms with van der Waals surface area (Å²) in [5.74, 6) is 0.677. The van der Waals surface area contributed by atoms with E-state index in [9.17, 15) is 9.59 Å². The molecular weight excluding hydrogens is 344 g/mol. The number of carbonyl (C=O) groups is 2. The molecule has 0 aromatic heterocycles. The van der Waals surface area contributed by atoms with Crippen molar-refractivity contribution >= 4 is 22.8 Å². The second kappa shape index (κ2) is 8.29. The van der Waals surface area contributed by atoms with E-state index in [0.717, 1.165) is 22.1 Å². The molecule has 1 heterocycles. The van der Waals surface area contributed by atoms with Gasteiger partial charge in [0.25, 0.3) is 0 Å². The van der Waals surface area contributed by atoms with Gasteiger partial charge < -0.3 is 19.3 Å². The van der Waals surface area contributed by atoms with E-state index in [0.29, 0.717) is 32.8 Å². The van der Waals surface area contributed by atoms with Crippen molar-refractivity contribution in [3.63, 3.8) is 0 Å². The van der Waals surface area contributed by atoms with Crippen LogP contribution in [0.15, 0.2) is 36.4 Å². The van der Waals surface area contributed by atoms with E-state index in [1.165, 1.54) is 0 Å². The van der Waals surface area contributed by atoms with Crippen molar-refractivity contribution in [2.75, 3.05) is 39.9 Å². The Morgan fingerprint density at radius 3 is 2.30 bits per heavy atom. The molecule has 0 N–H and O–H groups in total. The minimum Gasteiger partial charge on any atom is -0.497 e. The zero-order chi connectivity index (χ0) is 19.4. The molecule has 0 saturated carbocycles. The Morgan fingerprint density at radius 2 is 1.63 bits per heavy atom. The lowest BCUT2D eigenvalue weighted by atomic mass is 9.96. The minimum absolute atomic E-state index is 0.0892. The number of benzene rings is 2. The summed E-state index contributed by atoms with van der Waals surface area (Å²) in [6, 6.07) is 12.0. The lowest BCUT2D eigenvalue weighted by Gasteiger charge is -2.35. The highest BCUT2D eigenvalue weighted by atomic mass is 16.6. The highest BCUT2D eigenvalue weighted by Gasteiger charge is 2.28. The number of rotatable bonds is 4. The predicted octanol–water partition coefficient (Wildman–Crippen LogP) is 3.25. The summed E-state index contributed by atoms with van der Waals surface area (Å²) in [6.07, 6.45) is -0.303. The van der Waals surface area contributed by atoms with Gasteiger partial charge in [-0.25, -0.2) is 4.79 Å². The molecule has 2 aromatic carbocycles. The Morgan fingerprint density at radius 1 is 1.00 bits per heavy atom. The third-order valence-corrected chi connectivity index (χ3v) is 5.06. The quantitative estimate of drug-likeness (QED) is 0.829. The maximum Gasteiger partial charge on any atom is 0.409 e. The SMILES string of the molecule is CCOC(=O)N1CCN(C(=O)C(C)c2ccc3cc(OC)ccc3c2)CC1. The van der Waals surface area contributed by atoms with Crippen LogP contribution in [0.1, 0.15) is 25.3 Å². The van der Waals surface area contributed by atoms with Gasteiger partial charge in [0.15, 0.2) is 0 Å². The number of nitrogens with zero attached hydrogens (tertiary/aromatic N) is 2. The first-order valence-electron chi connectivity index (χ1n) is 9.31. The molecule has 1 fully saturated rings. The molecule has 0 spiro atoms. The van der Waals surface area contributed by atoms with Crippen molar-refractivity contribution in [3.8, 4) is 5.75 Å². The van der Waals surface area contributed by atoms with Crippen molar-refractivity contribution in [3.05, 3.63) is 42.0 Å². The van der Waals surface area contributed by atoms with E-state index >= 15 is 0 Å². The van der Waals surface area contributed by atoms with Crippen LogP contribution in [0.3, 0.4) is 0 Å². The first-order chi connectivity index (χ1) is 13.0. The summed E-state index contributed by atoms with van der Waals surface area (Å²) >= 11 is 0. The second-order valence-corrected chi connectivity index (χ2v) is 6.71. The minimum atomic E-state index is -0.303. The first-order valence-corrected chi connectivity index (χ1v) is 9.31. The Balaban J connectivity index is 1.67. The van der Waals surface area contributed by atoms with E-state index in [1.54, 1.807) is 18.9 Å². The molecule has 1 aliphatic rings. The Kier molecular flexibility index (Phi) is 5.84. The van der Waals surface area contributed by atoms with Crippen LogP contribution in [-0.4, -0.2) is 61.7 Å². The zero-order valence-electron chi connectivity index (χ0n) is 16.1. The number of ether oxygens (including phenoxy) is 2. The van der Waals surface area contributed by atoms with Gasteiger partial charge in [-0.05, 0) is 42.3 Å². The van der Waals surface area contributed by atoms with Gasteiger partial charge in [-0.2, -0.15) is 0 Å². The van der Waals surface area contributed by atoms with Crippen LogP contribution in [-0.2, 0) is 9.53 Å². The molecule has 1 unspecified atom stereocenters. The van der Waals surface area contributed by atoms with Crippen molar-refractivity contribution in [2.24, 2.45) is 0 Å². The van der Waals surface area contributed by atoms with Crippen molar-refractivity contribution in [2.45, 2.75) is 19.8 Å². The van der Waals surface area contributed by atoms with Gasteiger partial charge in [0.05, 0.1) is 19.6 Å². The second-order valence-electron chi connectivity index (χ2n) is 6.71. The zero-order valence-corrected chi connectivity index (χ0v) is 16.1. The number of carbonyl (C=O) groups excluding carboxylic acids is 2. The molecule has 6 nitrogen and oxygen atoms in total. The predicted molar refractivity (Wildman–Crippen MR) is 104 cm³/mol. The van der Waals surface area contributed by atoms with Crippen LogP contribution in [0.4, 0.5) is 4.79 Å². The fraction of sp³-hybridized carbons (Fsp3) is 0.429. The molecule has 27 heavy (non-hydrogen) atoms. The number of piperazine rings is 1. The summed E-state index contributed by atoms with van der Waals surface area (Å²) in [6.45, 7) is 6.18. The number of hydrogen-bond donors (Lipinski definition) is 0. The molecule has 0 radical (unpaired) electrons. The van der Waals surface area contributed by atoms with Gasteiger partial charge in [-0.1, -0.05) is 24.3 Å². The molecule has 144 valence electrons. The molecule has 2 aromatic rings. The molecule has 2 amide bonds. The molecule has 1 aliphatic heterocycles. The number of hydrogen-bond acceptors (Lipinski definition) is 4. The van der Waals surface area contributed by atoms with Crippen LogP contribution >= 0.6 is 0 Å². The summed E-state index contributed by atoms with van der Waals surface area (Å²) in [7, 11) is 1.65. The smallest absolute Gasteiger partial charge is 0.409 e. The monoisotopic (exact) mass is 370 g/mol. The topological polar surface area (TPSA) is 59.1 Å². The van der Waals surface area contributed by atoms with Gasteiger partial charge >= 0.3 is 6.09 Å². The fourth-order valence-corrected chi connectivity index (χ4v) is 3.38. The van der Waals surface area contributed by atoms with Gasteiger partial charge in [-0.15, -0.1) is 0 Å². The Hall–Kier alpha value is -2.76. The fourth-order valence-electron chi connectivity index (χ4n) is 3.38. The van der Waals surface area contributed by atoms with E-state index < -0.39 is 0 Å². The van der Waals surface area contributed by atoms with E-state index in [1.807, 2.05) is 42.2 Å². The van der Waals surface area contributed by atoms with Crippen LogP contribution in [0, 0.1) is 0 Å². The standard InChI is InChI=1S/C21H26N2O4/c1-4-27-21(25)23-11-9-22(10-12-23)20(24)15(2)16-5-6-18-14-19(26-3)8-7-17(18)13-16/h5-8,13-15H,4,9-12H2,1-3H3. The number of amides is 2. The average Bonchev–Trinajstić information content (AvgIpc) is 2.72. The summed E-state index contributed by atoms with van der Waals surface area (Å²) < 4.78 is 10.3. The molecular formula is C21H26N2O4. The first kappa shape index (κ1) is 19.0. The molecule has 1 atom stereocenters. The largest absolute Gasteiger partial charge is 0.497 e. The molecule has 1 saturated heterocycles.